The van der Waals surface area contributed by atoms with Gasteiger partial charge >= 0.3 is 0 Å². The first-order valence-electron chi connectivity index (χ1n) is 6.38. The lowest BCUT2D eigenvalue weighted by Gasteiger charge is -2.19. The van der Waals surface area contributed by atoms with E-state index in [9.17, 15) is 0 Å². The maximum Gasteiger partial charge on any atom is 0.0340 e. The highest BCUT2D eigenvalue weighted by atomic mass is 15.1. The highest BCUT2D eigenvalue weighted by Crippen LogP contribution is 2.04. The van der Waals surface area contributed by atoms with Crippen molar-refractivity contribution in [3.63, 3.8) is 0 Å². The molecule has 0 spiro atoms. The molecule has 16 heavy (non-hydrogen) atoms. The summed E-state index contributed by atoms with van der Waals surface area (Å²) in [7, 11) is 0. The molecule has 1 N–H and O–H groups in total. The second-order valence-electron chi connectivity index (χ2n) is 4.08. The third-order valence-electron chi connectivity index (χ3n) is 2.74. The predicted molar refractivity (Wildman–Crippen MR) is 72.0 cm³/mol. The molecule has 0 bridgehead atoms. The lowest BCUT2D eigenvalue weighted by molar-refractivity contribution is 0.288. The molecule has 1 aromatic rings. The summed E-state index contributed by atoms with van der Waals surface area (Å²) in [5.41, 5.74) is 1.22. The van der Waals surface area contributed by atoms with E-state index in [0.29, 0.717) is 0 Å². The van der Waals surface area contributed by atoms with E-state index in [-0.39, 0.29) is 0 Å². The molecule has 2 heteroatoms. The zero-order valence-corrected chi connectivity index (χ0v) is 10.6. The highest BCUT2D eigenvalue weighted by molar-refractivity contribution is 5.42. The van der Waals surface area contributed by atoms with E-state index in [1.807, 2.05) is 6.07 Å². The Labute approximate surface area is 99.7 Å². The fraction of sp³-hybridized carbons (Fsp3) is 0.571. The number of hydrogen-bond donors (Lipinski definition) is 1. The Balaban J connectivity index is 2.11. The molecule has 2 nitrogen and oxygen atoms in total. The van der Waals surface area contributed by atoms with Gasteiger partial charge in [-0.2, -0.15) is 0 Å². The molecule has 0 aliphatic rings. The van der Waals surface area contributed by atoms with Crippen LogP contribution >= 0.6 is 0 Å². The molecule has 0 aliphatic carbocycles. The van der Waals surface area contributed by atoms with Gasteiger partial charge in [-0.15, -0.1) is 0 Å². The second kappa shape index (κ2) is 8.17. The molecule has 0 saturated carbocycles. The van der Waals surface area contributed by atoms with E-state index in [0.717, 1.165) is 6.54 Å². The van der Waals surface area contributed by atoms with Crippen molar-refractivity contribution in [1.82, 2.24) is 4.90 Å². The molecule has 0 amide bonds. The molecule has 0 fully saturated rings. The quantitative estimate of drug-likeness (QED) is 0.677. The Morgan fingerprint density at radius 3 is 2.44 bits per heavy atom. The monoisotopic (exact) mass is 220 g/mol. The van der Waals surface area contributed by atoms with Gasteiger partial charge in [-0.25, -0.2) is 0 Å². The van der Waals surface area contributed by atoms with Crippen molar-refractivity contribution in [2.45, 2.75) is 26.7 Å². The van der Waals surface area contributed by atoms with E-state index in [4.69, 9.17) is 0 Å². The maximum absolute atomic E-state index is 3.44. The smallest absolute Gasteiger partial charge is 0.0340 e. The standard InChI is InChI=1S/C14H24N2/c1-3-12-16(4-2)13-8-11-15-14-9-6-5-7-10-14/h5-7,9-10,15H,3-4,8,11-13H2,1-2H3. The predicted octanol–water partition coefficient (Wildman–Crippen LogP) is 3.22. The fourth-order valence-electron chi connectivity index (χ4n) is 1.84. The number of rotatable bonds is 8. The highest BCUT2D eigenvalue weighted by Gasteiger charge is 1.99. The van der Waals surface area contributed by atoms with Crippen LogP contribution in [0.5, 0.6) is 0 Å². The minimum absolute atomic E-state index is 1.06. The molecule has 0 heterocycles. The van der Waals surface area contributed by atoms with Gasteiger partial charge in [-0.1, -0.05) is 32.0 Å². The van der Waals surface area contributed by atoms with Crippen LogP contribution in [0.15, 0.2) is 30.3 Å². The second-order valence-corrected chi connectivity index (χ2v) is 4.08. The molecule has 90 valence electrons. The van der Waals surface area contributed by atoms with Crippen molar-refractivity contribution < 1.29 is 0 Å². The molecule has 0 aromatic heterocycles. The topological polar surface area (TPSA) is 15.3 Å². The summed E-state index contributed by atoms with van der Waals surface area (Å²) in [6.45, 7) is 9.13. The lowest BCUT2D eigenvalue weighted by atomic mass is 10.3. The third-order valence-corrected chi connectivity index (χ3v) is 2.74. The van der Waals surface area contributed by atoms with E-state index >= 15 is 0 Å². The Morgan fingerprint density at radius 2 is 1.81 bits per heavy atom. The van der Waals surface area contributed by atoms with Gasteiger partial charge in [0, 0.05) is 12.2 Å². The number of anilines is 1. The molecular weight excluding hydrogens is 196 g/mol. The van der Waals surface area contributed by atoms with Crippen molar-refractivity contribution >= 4 is 5.69 Å². The molecule has 0 unspecified atom stereocenters. The first-order chi connectivity index (χ1) is 7.86. The van der Waals surface area contributed by atoms with E-state index < -0.39 is 0 Å². The number of nitrogens with one attached hydrogen (secondary N) is 1. The minimum Gasteiger partial charge on any atom is -0.385 e. The van der Waals surface area contributed by atoms with Crippen LogP contribution in [0.4, 0.5) is 5.69 Å². The summed E-state index contributed by atoms with van der Waals surface area (Å²) < 4.78 is 0. The van der Waals surface area contributed by atoms with Crippen LogP contribution in [0.2, 0.25) is 0 Å². The summed E-state index contributed by atoms with van der Waals surface area (Å²) in [6, 6.07) is 10.4. The summed E-state index contributed by atoms with van der Waals surface area (Å²) in [5.74, 6) is 0. The molecule has 0 atom stereocenters. The van der Waals surface area contributed by atoms with Gasteiger partial charge in [0.2, 0.25) is 0 Å². The number of benzene rings is 1. The van der Waals surface area contributed by atoms with Gasteiger partial charge < -0.3 is 10.2 Å². The number of nitrogens with zero attached hydrogens (tertiary/aromatic N) is 1. The molecule has 0 saturated heterocycles. The zero-order chi connectivity index (χ0) is 11.6. The Morgan fingerprint density at radius 1 is 1.06 bits per heavy atom. The summed E-state index contributed by atoms with van der Waals surface area (Å²) in [4.78, 5) is 2.51. The number of hydrogen-bond acceptors (Lipinski definition) is 2. The normalized spacial score (nSPS) is 10.7. The van der Waals surface area contributed by atoms with E-state index in [1.54, 1.807) is 0 Å². The van der Waals surface area contributed by atoms with Crippen LogP contribution in [0.1, 0.15) is 26.7 Å². The summed E-state index contributed by atoms with van der Waals surface area (Å²) >= 11 is 0. The fourth-order valence-corrected chi connectivity index (χ4v) is 1.84. The van der Waals surface area contributed by atoms with Crippen molar-refractivity contribution in [1.29, 1.82) is 0 Å². The van der Waals surface area contributed by atoms with Crippen molar-refractivity contribution in [2.24, 2.45) is 0 Å². The molecule has 0 aliphatic heterocycles. The van der Waals surface area contributed by atoms with Crippen LogP contribution in [-0.4, -0.2) is 31.1 Å². The maximum atomic E-state index is 3.44. The SMILES string of the molecule is CCCN(CC)CCCNc1ccccc1. The summed E-state index contributed by atoms with van der Waals surface area (Å²) in [6.07, 6.45) is 2.46. The minimum atomic E-state index is 1.06. The molecule has 1 rings (SSSR count). The van der Waals surface area contributed by atoms with Crippen LogP contribution < -0.4 is 5.32 Å². The van der Waals surface area contributed by atoms with Crippen molar-refractivity contribution in [3.05, 3.63) is 30.3 Å². The van der Waals surface area contributed by atoms with Crippen molar-refractivity contribution in [2.75, 3.05) is 31.5 Å². The third kappa shape index (κ3) is 5.17. The summed E-state index contributed by atoms with van der Waals surface area (Å²) in [5, 5.41) is 3.44. The van der Waals surface area contributed by atoms with Gasteiger partial charge in [0.25, 0.3) is 0 Å². The lowest BCUT2D eigenvalue weighted by Crippen LogP contribution is -2.26. The first kappa shape index (κ1) is 13.0. The number of para-hydroxylation sites is 1. The van der Waals surface area contributed by atoms with Crippen LogP contribution in [-0.2, 0) is 0 Å². The van der Waals surface area contributed by atoms with Gasteiger partial charge in [0.1, 0.15) is 0 Å². The van der Waals surface area contributed by atoms with E-state index in [2.05, 4.69) is 48.3 Å². The molecular formula is C14H24N2. The Hall–Kier alpha value is -1.02. The average molecular weight is 220 g/mol. The largest absolute Gasteiger partial charge is 0.385 e. The van der Waals surface area contributed by atoms with Gasteiger partial charge in [-0.3, -0.25) is 0 Å². The Bertz CT molecular complexity index is 259. The molecule has 0 radical (unpaired) electrons. The van der Waals surface area contributed by atoms with Gasteiger partial charge in [0.15, 0.2) is 0 Å². The van der Waals surface area contributed by atoms with Crippen LogP contribution in [0.3, 0.4) is 0 Å². The van der Waals surface area contributed by atoms with Gasteiger partial charge in [-0.05, 0) is 44.6 Å². The van der Waals surface area contributed by atoms with E-state index in [1.165, 1.54) is 38.2 Å². The van der Waals surface area contributed by atoms with Crippen LogP contribution in [0, 0.1) is 0 Å². The van der Waals surface area contributed by atoms with Crippen molar-refractivity contribution in [3.8, 4) is 0 Å². The zero-order valence-electron chi connectivity index (χ0n) is 10.6. The van der Waals surface area contributed by atoms with Gasteiger partial charge in [0.05, 0.1) is 0 Å². The van der Waals surface area contributed by atoms with Crippen LogP contribution in [0.25, 0.3) is 0 Å². The molecule has 1 aromatic carbocycles. The average Bonchev–Trinajstić information content (AvgIpc) is 2.34. The Kier molecular flexibility index (Phi) is 6.66. The first-order valence-corrected chi connectivity index (χ1v) is 6.38.